The quantitative estimate of drug-likeness (QED) is 0.570. The Morgan fingerprint density at radius 3 is 2.86 bits per heavy atom. The molecule has 0 aliphatic heterocycles. The molecule has 21 heavy (non-hydrogen) atoms. The molecule has 0 aromatic carbocycles. The molecule has 3 amide bonds. The van der Waals surface area contributed by atoms with E-state index in [0.717, 1.165) is 0 Å². The average molecular weight is 299 g/mol. The van der Waals surface area contributed by atoms with Crippen LogP contribution in [0.2, 0.25) is 0 Å². The second-order valence-electron chi connectivity index (χ2n) is 4.30. The highest BCUT2D eigenvalue weighted by atomic mass is 16.5. The van der Waals surface area contributed by atoms with E-state index in [9.17, 15) is 9.59 Å². The maximum absolute atomic E-state index is 11.7. The van der Waals surface area contributed by atoms with Crippen LogP contribution < -0.4 is 10.6 Å². The molecular formula is C13H21N3O5. The predicted molar refractivity (Wildman–Crippen MR) is 74.5 cm³/mol. The number of imide groups is 1. The van der Waals surface area contributed by atoms with Gasteiger partial charge in [0, 0.05) is 20.2 Å². The average Bonchev–Trinajstić information content (AvgIpc) is 2.96. The number of urea groups is 1. The Balaban J connectivity index is 2.28. The molecule has 8 nitrogen and oxygen atoms in total. The van der Waals surface area contributed by atoms with E-state index in [-0.39, 0.29) is 19.7 Å². The van der Waals surface area contributed by atoms with Gasteiger partial charge < -0.3 is 19.6 Å². The Labute approximate surface area is 123 Å². The highest BCUT2D eigenvalue weighted by Gasteiger charge is 2.13. The van der Waals surface area contributed by atoms with Gasteiger partial charge in [0.25, 0.3) is 0 Å². The maximum atomic E-state index is 11.7. The number of hydrogen-bond acceptors (Lipinski definition) is 6. The molecule has 0 unspecified atom stereocenters. The third-order valence-corrected chi connectivity index (χ3v) is 2.65. The van der Waals surface area contributed by atoms with E-state index in [2.05, 4.69) is 10.6 Å². The third kappa shape index (κ3) is 7.45. The van der Waals surface area contributed by atoms with Crippen molar-refractivity contribution in [3.05, 3.63) is 24.2 Å². The van der Waals surface area contributed by atoms with Gasteiger partial charge in [0.1, 0.15) is 5.76 Å². The highest BCUT2D eigenvalue weighted by Crippen LogP contribution is 1.98. The molecule has 0 spiro atoms. The van der Waals surface area contributed by atoms with E-state index < -0.39 is 11.9 Å². The van der Waals surface area contributed by atoms with Gasteiger partial charge >= 0.3 is 6.03 Å². The van der Waals surface area contributed by atoms with E-state index in [1.807, 2.05) is 0 Å². The largest absolute Gasteiger partial charge is 0.467 e. The lowest BCUT2D eigenvalue weighted by Crippen LogP contribution is -2.45. The number of ether oxygens (including phenoxy) is 1. The summed E-state index contributed by atoms with van der Waals surface area (Å²) in [6.45, 7) is 1.43. The molecule has 1 rings (SSSR count). The lowest BCUT2D eigenvalue weighted by molar-refractivity contribution is -0.121. The first kappa shape index (κ1) is 17.2. The van der Waals surface area contributed by atoms with Crippen molar-refractivity contribution in [1.82, 2.24) is 15.5 Å². The minimum Gasteiger partial charge on any atom is -0.467 e. The molecule has 0 radical (unpaired) electrons. The molecule has 0 atom stereocenters. The number of carbonyl (C=O) groups excluding carboxylic acids is 2. The number of carbonyl (C=O) groups is 2. The number of hydrogen-bond donors (Lipinski definition) is 3. The van der Waals surface area contributed by atoms with Gasteiger partial charge in [-0.05, 0) is 12.1 Å². The summed E-state index contributed by atoms with van der Waals surface area (Å²) >= 11 is 0. The SMILES string of the molecule is COCCN(CCO)CC(=O)NC(=O)NCc1ccco1. The summed E-state index contributed by atoms with van der Waals surface area (Å²) in [6.07, 6.45) is 1.50. The number of furan rings is 1. The number of methoxy groups -OCH3 is 1. The summed E-state index contributed by atoms with van der Waals surface area (Å²) < 4.78 is 9.97. The Kier molecular flexibility index (Phi) is 8.10. The Bertz CT molecular complexity index is 421. The molecule has 3 N–H and O–H groups in total. The van der Waals surface area contributed by atoms with Crippen LogP contribution in [0.4, 0.5) is 4.79 Å². The summed E-state index contributed by atoms with van der Waals surface area (Å²) in [5.41, 5.74) is 0. The lowest BCUT2D eigenvalue weighted by Gasteiger charge is -2.19. The first-order valence-electron chi connectivity index (χ1n) is 6.58. The molecule has 0 saturated carbocycles. The molecule has 8 heteroatoms. The van der Waals surface area contributed by atoms with Crippen molar-refractivity contribution in [2.75, 3.05) is 40.0 Å². The topological polar surface area (TPSA) is 104 Å². The van der Waals surface area contributed by atoms with Gasteiger partial charge in [0.15, 0.2) is 0 Å². The fourth-order valence-corrected chi connectivity index (χ4v) is 1.63. The molecule has 118 valence electrons. The van der Waals surface area contributed by atoms with E-state index in [4.69, 9.17) is 14.3 Å². The highest BCUT2D eigenvalue weighted by molar-refractivity contribution is 5.95. The van der Waals surface area contributed by atoms with Crippen molar-refractivity contribution >= 4 is 11.9 Å². The van der Waals surface area contributed by atoms with Crippen LogP contribution in [0, 0.1) is 0 Å². The van der Waals surface area contributed by atoms with Crippen molar-refractivity contribution in [2.24, 2.45) is 0 Å². The van der Waals surface area contributed by atoms with Gasteiger partial charge in [0.05, 0.1) is 32.6 Å². The van der Waals surface area contributed by atoms with Crippen LogP contribution >= 0.6 is 0 Å². The summed E-state index contributed by atoms with van der Waals surface area (Å²) in [7, 11) is 1.55. The van der Waals surface area contributed by atoms with Gasteiger partial charge in [-0.1, -0.05) is 0 Å². The van der Waals surface area contributed by atoms with Gasteiger partial charge in [-0.2, -0.15) is 0 Å². The first-order chi connectivity index (χ1) is 10.2. The van der Waals surface area contributed by atoms with Crippen molar-refractivity contribution in [1.29, 1.82) is 0 Å². The maximum Gasteiger partial charge on any atom is 0.321 e. The Hall–Kier alpha value is -1.90. The minimum atomic E-state index is -0.591. The molecule has 1 aromatic heterocycles. The zero-order valence-corrected chi connectivity index (χ0v) is 12.0. The van der Waals surface area contributed by atoms with Gasteiger partial charge in [-0.3, -0.25) is 15.0 Å². The minimum absolute atomic E-state index is 0.0120. The van der Waals surface area contributed by atoms with E-state index in [1.165, 1.54) is 6.26 Å². The zero-order chi connectivity index (χ0) is 15.5. The van der Waals surface area contributed by atoms with Crippen LogP contribution in [0.15, 0.2) is 22.8 Å². The second-order valence-corrected chi connectivity index (χ2v) is 4.30. The second kappa shape index (κ2) is 9.92. The predicted octanol–water partition coefficient (Wildman–Crippen LogP) is -0.454. The van der Waals surface area contributed by atoms with Gasteiger partial charge in [-0.25, -0.2) is 4.79 Å². The Morgan fingerprint density at radius 2 is 2.24 bits per heavy atom. The molecule has 1 heterocycles. The standard InChI is InChI=1S/C13H21N3O5/c1-20-8-5-16(4-6-17)10-12(18)15-13(19)14-9-11-3-2-7-21-11/h2-3,7,17H,4-6,8-10H2,1H3,(H2,14,15,18,19). The normalized spacial score (nSPS) is 10.6. The van der Waals surface area contributed by atoms with E-state index >= 15 is 0 Å². The summed E-state index contributed by atoms with van der Waals surface area (Å²) in [4.78, 5) is 24.9. The molecule has 0 aliphatic rings. The number of aliphatic hydroxyl groups is 1. The van der Waals surface area contributed by atoms with Crippen LogP contribution in [0.1, 0.15) is 5.76 Å². The monoisotopic (exact) mass is 299 g/mol. The fourth-order valence-electron chi connectivity index (χ4n) is 1.63. The zero-order valence-electron chi connectivity index (χ0n) is 12.0. The molecule has 0 fully saturated rings. The fraction of sp³-hybridized carbons (Fsp3) is 0.538. The van der Waals surface area contributed by atoms with Crippen LogP contribution in [0.3, 0.4) is 0 Å². The lowest BCUT2D eigenvalue weighted by atomic mass is 10.4. The van der Waals surface area contributed by atoms with Crippen LogP contribution in [-0.4, -0.2) is 61.9 Å². The molecule has 0 saturated heterocycles. The molecular weight excluding hydrogens is 278 g/mol. The van der Waals surface area contributed by atoms with Gasteiger partial charge in [0.2, 0.25) is 5.91 Å². The molecule has 0 aliphatic carbocycles. The number of amides is 3. The van der Waals surface area contributed by atoms with Crippen molar-refractivity contribution in [2.45, 2.75) is 6.54 Å². The van der Waals surface area contributed by atoms with E-state index in [1.54, 1.807) is 24.1 Å². The van der Waals surface area contributed by atoms with Crippen molar-refractivity contribution < 1.29 is 23.8 Å². The van der Waals surface area contributed by atoms with E-state index in [0.29, 0.717) is 25.5 Å². The number of rotatable bonds is 9. The summed E-state index contributed by atoms with van der Waals surface area (Å²) in [6, 6.07) is 2.84. The number of nitrogens with one attached hydrogen (secondary N) is 2. The van der Waals surface area contributed by atoms with Crippen molar-refractivity contribution in [3.63, 3.8) is 0 Å². The molecule has 0 bridgehead atoms. The molecule has 1 aromatic rings. The first-order valence-corrected chi connectivity index (χ1v) is 6.58. The smallest absolute Gasteiger partial charge is 0.321 e. The van der Waals surface area contributed by atoms with Gasteiger partial charge in [-0.15, -0.1) is 0 Å². The number of nitrogens with zero attached hydrogens (tertiary/aromatic N) is 1. The summed E-state index contributed by atoms with van der Waals surface area (Å²) in [5, 5.41) is 13.6. The van der Waals surface area contributed by atoms with Crippen molar-refractivity contribution in [3.8, 4) is 0 Å². The van der Waals surface area contributed by atoms with Crippen LogP contribution in [-0.2, 0) is 16.1 Å². The Morgan fingerprint density at radius 1 is 1.43 bits per heavy atom. The summed E-state index contributed by atoms with van der Waals surface area (Å²) in [5.74, 6) is 0.149. The van der Waals surface area contributed by atoms with Crippen LogP contribution in [0.25, 0.3) is 0 Å². The number of aliphatic hydroxyl groups excluding tert-OH is 1. The third-order valence-electron chi connectivity index (χ3n) is 2.65. The van der Waals surface area contributed by atoms with Crippen LogP contribution in [0.5, 0.6) is 0 Å².